The monoisotopic (exact) mass is 539 g/mol. The summed E-state index contributed by atoms with van der Waals surface area (Å²) in [5.41, 5.74) is 2.10. The van der Waals surface area contributed by atoms with Crippen LogP contribution in [-0.2, 0) is 11.3 Å². The first-order chi connectivity index (χ1) is 14.7. The summed E-state index contributed by atoms with van der Waals surface area (Å²) < 4.78 is 26.8. The number of benzene rings is 2. The number of methoxy groups -OCH3 is 1. The number of aromatic nitrogens is 2. The predicted octanol–water partition coefficient (Wildman–Crippen LogP) is 4.23. The van der Waals surface area contributed by atoms with Crippen molar-refractivity contribution in [3.8, 4) is 11.4 Å². The highest BCUT2D eigenvalue weighted by Gasteiger charge is 2.07. The first kappa shape index (κ1) is 24.6. The number of imidazole rings is 1. The number of nitrogens with zero attached hydrogens (tertiary/aromatic N) is 3. The molecule has 0 amide bonds. The molecule has 0 unspecified atom stereocenters. The van der Waals surface area contributed by atoms with E-state index in [1.807, 2.05) is 30.3 Å². The van der Waals surface area contributed by atoms with Crippen LogP contribution in [0.2, 0.25) is 0 Å². The fourth-order valence-corrected chi connectivity index (χ4v) is 2.83. The van der Waals surface area contributed by atoms with E-state index in [1.54, 1.807) is 43.5 Å². The van der Waals surface area contributed by atoms with Gasteiger partial charge in [-0.05, 0) is 29.8 Å². The summed E-state index contributed by atoms with van der Waals surface area (Å²) in [7, 11) is 3.36. The Balaban J connectivity index is 0.00000341. The van der Waals surface area contributed by atoms with E-state index in [0.717, 1.165) is 23.4 Å². The van der Waals surface area contributed by atoms with Gasteiger partial charge in [0, 0.05) is 57.9 Å². The minimum Gasteiger partial charge on any atom is -0.493 e. The number of nitrogens with one attached hydrogen (secondary N) is 2. The topological polar surface area (TPSA) is 72.7 Å². The summed E-state index contributed by atoms with van der Waals surface area (Å²) in [5.74, 6) is 1.03. The molecule has 1 aromatic heterocycles. The van der Waals surface area contributed by atoms with Crippen LogP contribution < -0.4 is 15.4 Å². The van der Waals surface area contributed by atoms with Crippen molar-refractivity contribution in [3.63, 3.8) is 0 Å². The quantitative estimate of drug-likeness (QED) is 0.184. The Kier molecular flexibility index (Phi) is 10.2. The number of ether oxygens (including phenoxy) is 2. The Morgan fingerprint density at radius 1 is 1.19 bits per heavy atom. The smallest absolute Gasteiger partial charge is 0.195 e. The van der Waals surface area contributed by atoms with Gasteiger partial charge in [-0.15, -0.1) is 24.0 Å². The number of halogens is 2. The van der Waals surface area contributed by atoms with Crippen molar-refractivity contribution in [2.24, 2.45) is 4.99 Å². The molecule has 1 heterocycles. The molecule has 2 N–H and O–H groups in total. The summed E-state index contributed by atoms with van der Waals surface area (Å²) in [5, 5.41) is 6.41. The summed E-state index contributed by atoms with van der Waals surface area (Å²) >= 11 is 0. The molecule has 31 heavy (non-hydrogen) atoms. The van der Waals surface area contributed by atoms with E-state index in [1.165, 1.54) is 6.07 Å². The molecular formula is C22H27FIN5O2. The van der Waals surface area contributed by atoms with Crippen LogP contribution in [-0.4, -0.2) is 42.9 Å². The lowest BCUT2D eigenvalue weighted by Gasteiger charge is -2.14. The highest BCUT2D eigenvalue weighted by atomic mass is 127. The van der Waals surface area contributed by atoms with Gasteiger partial charge >= 0.3 is 0 Å². The highest BCUT2D eigenvalue weighted by molar-refractivity contribution is 14.0. The molecule has 9 heteroatoms. The van der Waals surface area contributed by atoms with Crippen molar-refractivity contribution in [2.75, 3.05) is 32.7 Å². The molecule has 3 aromatic rings. The van der Waals surface area contributed by atoms with E-state index in [0.29, 0.717) is 31.4 Å². The van der Waals surface area contributed by atoms with Crippen LogP contribution in [0.3, 0.4) is 0 Å². The van der Waals surface area contributed by atoms with Crippen LogP contribution >= 0.6 is 24.0 Å². The van der Waals surface area contributed by atoms with Crippen molar-refractivity contribution < 1.29 is 13.9 Å². The molecule has 0 saturated heterocycles. The number of aliphatic imine (C=N–C) groups is 1. The van der Waals surface area contributed by atoms with E-state index >= 15 is 0 Å². The van der Waals surface area contributed by atoms with Gasteiger partial charge in [0.05, 0.1) is 18.6 Å². The largest absolute Gasteiger partial charge is 0.493 e. The second kappa shape index (κ2) is 12.9. The second-order valence-corrected chi connectivity index (χ2v) is 6.53. The third-order valence-electron chi connectivity index (χ3n) is 4.34. The molecule has 0 spiro atoms. The Morgan fingerprint density at radius 2 is 2.06 bits per heavy atom. The van der Waals surface area contributed by atoms with Gasteiger partial charge in [0.1, 0.15) is 11.6 Å². The maximum absolute atomic E-state index is 14.4. The zero-order valence-electron chi connectivity index (χ0n) is 17.5. The highest BCUT2D eigenvalue weighted by Crippen LogP contribution is 2.18. The van der Waals surface area contributed by atoms with Gasteiger partial charge in [-0.25, -0.2) is 9.37 Å². The number of hydrogen-bond donors (Lipinski definition) is 2. The lowest BCUT2D eigenvalue weighted by molar-refractivity contribution is 0.172. The van der Waals surface area contributed by atoms with Crippen LogP contribution in [0.5, 0.6) is 5.75 Å². The van der Waals surface area contributed by atoms with E-state index in [9.17, 15) is 4.39 Å². The fraction of sp³-hybridized carbons (Fsp3) is 0.273. The Morgan fingerprint density at radius 3 is 2.77 bits per heavy atom. The molecule has 0 bridgehead atoms. The van der Waals surface area contributed by atoms with Crippen molar-refractivity contribution in [3.05, 3.63) is 72.6 Å². The first-order valence-electron chi connectivity index (χ1n) is 9.66. The van der Waals surface area contributed by atoms with E-state index in [2.05, 4.69) is 20.6 Å². The zero-order valence-corrected chi connectivity index (χ0v) is 19.9. The van der Waals surface area contributed by atoms with Gasteiger partial charge in [0.25, 0.3) is 0 Å². The van der Waals surface area contributed by atoms with Crippen LogP contribution in [0, 0.1) is 5.82 Å². The zero-order chi connectivity index (χ0) is 21.2. The predicted molar refractivity (Wildman–Crippen MR) is 131 cm³/mol. The summed E-state index contributed by atoms with van der Waals surface area (Å²) in [6.45, 7) is 1.68. The fourth-order valence-electron chi connectivity index (χ4n) is 2.83. The third kappa shape index (κ3) is 7.51. The Labute approximate surface area is 198 Å². The lowest BCUT2D eigenvalue weighted by atomic mass is 10.2. The normalized spacial score (nSPS) is 11.0. The van der Waals surface area contributed by atoms with Gasteiger partial charge in [0.15, 0.2) is 5.96 Å². The number of guanidine groups is 1. The molecule has 0 saturated carbocycles. The van der Waals surface area contributed by atoms with Crippen molar-refractivity contribution >= 4 is 35.6 Å². The van der Waals surface area contributed by atoms with Gasteiger partial charge in [-0.3, -0.25) is 4.99 Å². The molecule has 7 nitrogen and oxygen atoms in total. The second-order valence-electron chi connectivity index (χ2n) is 6.53. The molecule has 0 aliphatic heterocycles. The minimum absolute atomic E-state index is 0. The standard InChI is InChI=1S/C22H26FN5O2.HI/c1-24-22(27-18-5-3-6-19(14-18)30-12-4-11-29-2)26-15-17-7-8-21(20(23)13-17)28-10-9-25-16-28;/h3,5-10,13-14,16H,4,11-12,15H2,1-2H3,(H2,24,26,27);1H. The van der Waals surface area contributed by atoms with E-state index < -0.39 is 0 Å². The maximum Gasteiger partial charge on any atom is 0.195 e. The van der Waals surface area contributed by atoms with Gasteiger partial charge in [0.2, 0.25) is 0 Å². The molecule has 0 radical (unpaired) electrons. The first-order valence-corrected chi connectivity index (χ1v) is 9.66. The molecule has 0 fully saturated rings. The average molecular weight is 539 g/mol. The summed E-state index contributed by atoms with van der Waals surface area (Å²) in [6.07, 6.45) is 5.72. The molecule has 166 valence electrons. The molecular weight excluding hydrogens is 512 g/mol. The number of hydrogen-bond acceptors (Lipinski definition) is 4. The minimum atomic E-state index is -0.312. The van der Waals surface area contributed by atoms with E-state index in [-0.39, 0.29) is 29.8 Å². The molecule has 0 aliphatic rings. The van der Waals surface area contributed by atoms with Crippen molar-refractivity contribution in [1.82, 2.24) is 14.9 Å². The lowest BCUT2D eigenvalue weighted by Crippen LogP contribution is -2.30. The van der Waals surface area contributed by atoms with Crippen LogP contribution in [0.15, 0.2) is 66.2 Å². The number of anilines is 1. The Bertz CT molecular complexity index is 966. The third-order valence-corrected chi connectivity index (χ3v) is 4.34. The van der Waals surface area contributed by atoms with Gasteiger partial charge in [-0.1, -0.05) is 12.1 Å². The average Bonchev–Trinajstić information content (AvgIpc) is 3.29. The maximum atomic E-state index is 14.4. The summed E-state index contributed by atoms with van der Waals surface area (Å²) in [6, 6.07) is 12.7. The van der Waals surface area contributed by atoms with E-state index in [4.69, 9.17) is 9.47 Å². The molecule has 3 rings (SSSR count). The van der Waals surface area contributed by atoms with Crippen LogP contribution in [0.1, 0.15) is 12.0 Å². The molecule has 2 aromatic carbocycles. The molecule has 0 atom stereocenters. The molecule has 0 aliphatic carbocycles. The van der Waals surface area contributed by atoms with Gasteiger partial charge in [-0.2, -0.15) is 0 Å². The van der Waals surface area contributed by atoms with Crippen LogP contribution in [0.4, 0.5) is 10.1 Å². The van der Waals surface area contributed by atoms with Gasteiger partial charge < -0.3 is 24.7 Å². The Hall–Kier alpha value is -2.66. The van der Waals surface area contributed by atoms with Crippen molar-refractivity contribution in [2.45, 2.75) is 13.0 Å². The summed E-state index contributed by atoms with van der Waals surface area (Å²) in [4.78, 5) is 8.17. The van der Waals surface area contributed by atoms with Crippen molar-refractivity contribution in [1.29, 1.82) is 0 Å². The number of rotatable bonds is 9. The SMILES string of the molecule is CN=C(NCc1ccc(-n2ccnc2)c(F)c1)Nc1cccc(OCCCOC)c1.I. The van der Waals surface area contributed by atoms with Crippen LogP contribution in [0.25, 0.3) is 5.69 Å².